The largest absolute Gasteiger partial charge is 0.454 e. The molecule has 1 N–H and O–H groups in total. The number of ether oxygens (including phenoxy) is 1. The third-order valence-electron chi connectivity index (χ3n) is 2.93. The van der Waals surface area contributed by atoms with Gasteiger partial charge in [0.1, 0.15) is 11.6 Å². The third-order valence-corrected chi connectivity index (χ3v) is 2.93. The molecule has 108 valence electrons. The molecule has 0 amide bonds. The molecule has 0 aliphatic rings. The zero-order chi connectivity index (χ0) is 14.4. The molecule has 0 radical (unpaired) electrons. The van der Waals surface area contributed by atoms with E-state index in [-0.39, 0.29) is 5.82 Å². The maximum Gasteiger partial charge on any atom is 0.165 e. The molecule has 1 heterocycles. The van der Waals surface area contributed by atoms with Gasteiger partial charge in [-0.2, -0.15) is 5.10 Å². The first-order chi connectivity index (χ1) is 9.72. The second-order valence-corrected chi connectivity index (χ2v) is 4.56. The first kappa shape index (κ1) is 14.5. The summed E-state index contributed by atoms with van der Waals surface area (Å²) in [5.74, 6) is 1.07. The normalized spacial score (nSPS) is 10.8. The quantitative estimate of drug-likeness (QED) is 0.789. The molecule has 0 saturated carbocycles. The fourth-order valence-electron chi connectivity index (χ4n) is 1.88. The lowest BCUT2D eigenvalue weighted by molar-refractivity contribution is 0.468. The number of hydrogen-bond acceptors (Lipinski definition) is 3. The van der Waals surface area contributed by atoms with Crippen LogP contribution in [0.15, 0.2) is 30.6 Å². The Bertz CT molecular complexity index is 554. The molecular formula is C15H20FN3O. The van der Waals surface area contributed by atoms with Crippen LogP contribution in [0, 0.1) is 5.82 Å². The lowest BCUT2D eigenvalue weighted by Gasteiger charge is -2.10. The smallest absolute Gasteiger partial charge is 0.165 e. The highest BCUT2D eigenvalue weighted by molar-refractivity contribution is 5.37. The lowest BCUT2D eigenvalue weighted by Crippen LogP contribution is -2.14. The van der Waals surface area contributed by atoms with Crippen LogP contribution in [0.3, 0.4) is 0 Å². The molecular weight excluding hydrogens is 257 g/mol. The van der Waals surface area contributed by atoms with Crippen molar-refractivity contribution in [1.82, 2.24) is 15.1 Å². The molecule has 20 heavy (non-hydrogen) atoms. The topological polar surface area (TPSA) is 39.1 Å². The lowest BCUT2D eigenvalue weighted by atomic mass is 10.2. The van der Waals surface area contributed by atoms with Crippen molar-refractivity contribution in [3.8, 4) is 11.5 Å². The SMILES string of the molecule is CCCNCc1cc(F)ccc1Oc1cnn(CC)c1. The van der Waals surface area contributed by atoms with E-state index in [9.17, 15) is 4.39 Å². The van der Waals surface area contributed by atoms with E-state index in [2.05, 4.69) is 17.3 Å². The summed E-state index contributed by atoms with van der Waals surface area (Å²) >= 11 is 0. The summed E-state index contributed by atoms with van der Waals surface area (Å²) in [6.45, 7) is 6.37. The molecule has 0 aliphatic carbocycles. The summed E-state index contributed by atoms with van der Waals surface area (Å²) in [5.41, 5.74) is 0.808. The molecule has 0 saturated heterocycles. The van der Waals surface area contributed by atoms with Crippen molar-refractivity contribution in [2.24, 2.45) is 0 Å². The highest BCUT2D eigenvalue weighted by Gasteiger charge is 2.08. The van der Waals surface area contributed by atoms with Gasteiger partial charge in [0.05, 0.1) is 12.4 Å². The van der Waals surface area contributed by atoms with Crippen LogP contribution in [0.5, 0.6) is 11.5 Å². The second kappa shape index (κ2) is 7.05. The van der Waals surface area contributed by atoms with E-state index in [1.807, 2.05) is 13.1 Å². The first-order valence-electron chi connectivity index (χ1n) is 6.92. The van der Waals surface area contributed by atoms with E-state index >= 15 is 0 Å². The van der Waals surface area contributed by atoms with Gasteiger partial charge in [0, 0.05) is 18.7 Å². The number of benzene rings is 1. The van der Waals surface area contributed by atoms with Gasteiger partial charge in [0.2, 0.25) is 0 Å². The number of aromatic nitrogens is 2. The molecule has 0 bridgehead atoms. The van der Waals surface area contributed by atoms with Crippen molar-refractivity contribution in [3.63, 3.8) is 0 Å². The summed E-state index contributed by atoms with van der Waals surface area (Å²) < 4.78 is 20.9. The van der Waals surface area contributed by atoms with Crippen LogP contribution in [0.1, 0.15) is 25.8 Å². The summed E-state index contributed by atoms with van der Waals surface area (Å²) in [6.07, 6.45) is 4.53. The molecule has 1 aromatic carbocycles. The summed E-state index contributed by atoms with van der Waals surface area (Å²) in [7, 11) is 0. The average Bonchev–Trinajstić information content (AvgIpc) is 2.90. The van der Waals surface area contributed by atoms with Gasteiger partial charge in [-0.25, -0.2) is 4.39 Å². The standard InChI is InChI=1S/C15H20FN3O/c1-3-7-17-9-12-8-13(16)5-6-15(12)20-14-10-18-19(4-2)11-14/h5-6,8,10-11,17H,3-4,7,9H2,1-2H3. The predicted octanol–water partition coefficient (Wildman–Crippen LogP) is 3.33. The maximum atomic E-state index is 13.4. The number of nitrogens with one attached hydrogen (secondary N) is 1. The van der Waals surface area contributed by atoms with Gasteiger partial charge >= 0.3 is 0 Å². The Morgan fingerprint density at radius 1 is 1.35 bits per heavy atom. The zero-order valence-electron chi connectivity index (χ0n) is 11.9. The van der Waals surface area contributed by atoms with E-state index in [4.69, 9.17) is 4.74 Å². The molecule has 0 unspecified atom stereocenters. The molecule has 0 aliphatic heterocycles. The summed E-state index contributed by atoms with van der Waals surface area (Å²) in [5, 5.41) is 7.41. The van der Waals surface area contributed by atoms with E-state index < -0.39 is 0 Å². The number of nitrogens with zero attached hydrogens (tertiary/aromatic N) is 2. The number of hydrogen-bond donors (Lipinski definition) is 1. The van der Waals surface area contributed by atoms with E-state index in [0.717, 1.165) is 25.1 Å². The molecule has 4 nitrogen and oxygen atoms in total. The minimum absolute atomic E-state index is 0.255. The Kier molecular flexibility index (Phi) is 5.12. The Balaban J connectivity index is 2.12. The van der Waals surface area contributed by atoms with Gasteiger partial charge in [0.25, 0.3) is 0 Å². The minimum Gasteiger partial charge on any atom is -0.454 e. The van der Waals surface area contributed by atoms with Crippen molar-refractivity contribution < 1.29 is 9.13 Å². The van der Waals surface area contributed by atoms with Crippen LogP contribution in [0.2, 0.25) is 0 Å². The predicted molar refractivity (Wildman–Crippen MR) is 76.4 cm³/mol. The van der Waals surface area contributed by atoms with Gasteiger partial charge in [-0.3, -0.25) is 4.68 Å². The molecule has 0 spiro atoms. The summed E-state index contributed by atoms with van der Waals surface area (Å²) in [4.78, 5) is 0. The van der Waals surface area contributed by atoms with Gasteiger partial charge in [-0.15, -0.1) is 0 Å². The van der Waals surface area contributed by atoms with Gasteiger partial charge in [-0.1, -0.05) is 6.92 Å². The summed E-state index contributed by atoms with van der Waals surface area (Å²) in [6, 6.07) is 4.56. The van der Waals surface area contributed by atoms with Crippen molar-refractivity contribution >= 4 is 0 Å². The van der Waals surface area contributed by atoms with Crippen LogP contribution in [0.4, 0.5) is 4.39 Å². The second-order valence-electron chi connectivity index (χ2n) is 4.56. The number of halogens is 1. The highest BCUT2D eigenvalue weighted by atomic mass is 19.1. The molecule has 2 rings (SSSR count). The molecule has 0 atom stereocenters. The third kappa shape index (κ3) is 3.81. The van der Waals surface area contributed by atoms with Gasteiger partial charge in [0.15, 0.2) is 5.75 Å². The van der Waals surface area contributed by atoms with Crippen LogP contribution in [0.25, 0.3) is 0 Å². The van der Waals surface area contributed by atoms with Crippen molar-refractivity contribution in [1.29, 1.82) is 0 Å². The van der Waals surface area contributed by atoms with Crippen LogP contribution >= 0.6 is 0 Å². The fourth-order valence-corrected chi connectivity index (χ4v) is 1.88. The van der Waals surface area contributed by atoms with E-state index in [1.54, 1.807) is 16.9 Å². The van der Waals surface area contributed by atoms with E-state index in [1.165, 1.54) is 12.1 Å². The van der Waals surface area contributed by atoms with Crippen LogP contribution in [-0.4, -0.2) is 16.3 Å². The zero-order valence-corrected chi connectivity index (χ0v) is 11.9. The average molecular weight is 277 g/mol. The van der Waals surface area contributed by atoms with Gasteiger partial charge in [-0.05, 0) is 38.1 Å². The first-order valence-corrected chi connectivity index (χ1v) is 6.92. The van der Waals surface area contributed by atoms with Gasteiger partial charge < -0.3 is 10.1 Å². The Morgan fingerprint density at radius 3 is 2.90 bits per heavy atom. The number of rotatable bonds is 7. The minimum atomic E-state index is -0.255. The fraction of sp³-hybridized carbons (Fsp3) is 0.400. The van der Waals surface area contributed by atoms with Crippen molar-refractivity contribution in [2.45, 2.75) is 33.4 Å². The Morgan fingerprint density at radius 2 is 2.20 bits per heavy atom. The van der Waals surface area contributed by atoms with Crippen molar-refractivity contribution in [2.75, 3.05) is 6.54 Å². The monoisotopic (exact) mass is 277 g/mol. The Labute approximate surface area is 118 Å². The van der Waals surface area contributed by atoms with Crippen LogP contribution < -0.4 is 10.1 Å². The highest BCUT2D eigenvalue weighted by Crippen LogP contribution is 2.25. The van der Waals surface area contributed by atoms with E-state index in [0.29, 0.717) is 18.0 Å². The molecule has 1 aromatic heterocycles. The Hall–Kier alpha value is -1.88. The van der Waals surface area contributed by atoms with Crippen LogP contribution in [-0.2, 0) is 13.1 Å². The molecule has 5 heteroatoms. The molecule has 0 fully saturated rings. The maximum absolute atomic E-state index is 13.4. The van der Waals surface area contributed by atoms with Crippen molar-refractivity contribution in [3.05, 3.63) is 42.0 Å². The molecule has 2 aromatic rings. The number of aryl methyl sites for hydroxylation is 1.